The average molecular weight is 396 g/mol. The summed E-state index contributed by atoms with van der Waals surface area (Å²) in [4.78, 5) is 14.2. The first-order chi connectivity index (χ1) is 14.1. The minimum Gasteiger partial charge on any atom is -0.493 e. The summed E-state index contributed by atoms with van der Waals surface area (Å²) in [6, 6.07) is 13.6. The number of carbonyl (C=O) groups excluding carboxylic acids is 1. The summed E-state index contributed by atoms with van der Waals surface area (Å²) >= 11 is 0. The molecule has 2 aromatic rings. The van der Waals surface area contributed by atoms with Crippen LogP contribution in [0.1, 0.15) is 25.0 Å². The molecule has 0 spiro atoms. The lowest BCUT2D eigenvalue weighted by molar-refractivity contribution is -0.123. The molecule has 1 N–H and O–H groups in total. The van der Waals surface area contributed by atoms with Gasteiger partial charge >= 0.3 is 0 Å². The Balaban J connectivity index is 1.86. The van der Waals surface area contributed by atoms with Crippen molar-refractivity contribution < 1.29 is 14.3 Å². The molecule has 2 rings (SSSR count). The molecule has 0 aliphatic heterocycles. The maximum absolute atomic E-state index is 12.0. The maximum atomic E-state index is 12.0. The number of hydrogen-bond donors (Lipinski definition) is 1. The lowest BCUT2D eigenvalue weighted by Gasteiger charge is -2.20. The maximum Gasteiger partial charge on any atom is 0.277 e. The van der Waals surface area contributed by atoms with Crippen molar-refractivity contribution in [3.8, 4) is 11.5 Å². The Kier molecular flexibility index (Phi) is 8.76. The number of hydrogen-bond acceptors (Lipinski definition) is 5. The molecule has 2 aromatic carbocycles. The van der Waals surface area contributed by atoms with Gasteiger partial charge in [0.2, 0.25) is 0 Å². The van der Waals surface area contributed by atoms with Crippen LogP contribution in [0.2, 0.25) is 0 Å². The van der Waals surface area contributed by atoms with E-state index >= 15 is 0 Å². The minimum atomic E-state index is -0.349. The third kappa shape index (κ3) is 6.68. The number of nitrogens with one attached hydrogen (secondary N) is 1. The van der Waals surface area contributed by atoms with E-state index < -0.39 is 0 Å². The second kappa shape index (κ2) is 11.5. The molecule has 0 fully saturated rings. The Morgan fingerprint density at radius 2 is 1.86 bits per heavy atom. The number of methoxy groups -OCH3 is 1. The van der Waals surface area contributed by atoms with E-state index in [2.05, 4.69) is 35.9 Å². The highest BCUT2D eigenvalue weighted by atomic mass is 16.5. The van der Waals surface area contributed by atoms with Gasteiger partial charge in [0.1, 0.15) is 0 Å². The Hall–Kier alpha value is -3.28. The van der Waals surface area contributed by atoms with Crippen LogP contribution >= 0.6 is 0 Å². The SMILES string of the molecule is C=CCc1ccc(OCC(=O)N/N=C\c2ccc(N(CC)CC)cc2)c(OC)c1. The highest BCUT2D eigenvalue weighted by molar-refractivity contribution is 5.83. The number of rotatable bonds is 11. The topological polar surface area (TPSA) is 63.2 Å². The quantitative estimate of drug-likeness (QED) is 0.357. The van der Waals surface area contributed by atoms with E-state index in [1.165, 1.54) is 0 Å². The number of hydrazone groups is 1. The van der Waals surface area contributed by atoms with Crippen LogP contribution in [0.4, 0.5) is 5.69 Å². The number of nitrogens with zero attached hydrogens (tertiary/aromatic N) is 2. The summed E-state index contributed by atoms with van der Waals surface area (Å²) in [5.74, 6) is 0.735. The monoisotopic (exact) mass is 395 g/mol. The van der Waals surface area contributed by atoms with Crippen LogP contribution in [0.5, 0.6) is 11.5 Å². The Morgan fingerprint density at radius 1 is 1.14 bits per heavy atom. The second-order valence-corrected chi connectivity index (χ2v) is 6.32. The second-order valence-electron chi connectivity index (χ2n) is 6.32. The largest absolute Gasteiger partial charge is 0.493 e. The molecule has 0 heterocycles. The number of ether oxygens (including phenoxy) is 2. The molecule has 0 saturated carbocycles. The predicted octanol–water partition coefficient (Wildman–Crippen LogP) is 3.80. The van der Waals surface area contributed by atoms with Crippen molar-refractivity contribution >= 4 is 17.8 Å². The van der Waals surface area contributed by atoms with Crippen molar-refractivity contribution in [3.63, 3.8) is 0 Å². The molecule has 0 aliphatic rings. The van der Waals surface area contributed by atoms with Crippen LogP contribution in [0.3, 0.4) is 0 Å². The van der Waals surface area contributed by atoms with Gasteiger partial charge in [0.15, 0.2) is 18.1 Å². The smallest absolute Gasteiger partial charge is 0.277 e. The molecule has 29 heavy (non-hydrogen) atoms. The average Bonchev–Trinajstić information content (AvgIpc) is 2.75. The lowest BCUT2D eigenvalue weighted by atomic mass is 10.1. The van der Waals surface area contributed by atoms with Crippen LogP contribution in [-0.4, -0.2) is 38.9 Å². The van der Waals surface area contributed by atoms with Crippen molar-refractivity contribution in [2.24, 2.45) is 5.10 Å². The van der Waals surface area contributed by atoms with Crippen molar-refractivity contribution in [3.05, 3.63) is 66.2 Å². The van der Waals surface area contributed by atoms with Gasteiger partial charge in [-0.3, -0.25) is 4.79 Å². The Morgan fingerprint density at radius 3 is 2.48 bits per heavy atom. The van der Waals surface area contributed by atoms with Crippen LogP contribution in [-0.2, 0) is 11.2 Å². The van der Waals surface area contributed by atoms with Gasteiger partial charge in [-0.1, -0.05) is 24.3 Å². The van der Waals surface area contributed by atoms with Gasteiger partial charge < -0.3 is 14.4 Å². The molecule has 0 aliphatic carbocycles. The molecule has 6 nitrogen and oxygen atoms in total. The van der Waals surface area contributed by atoms with E-state index in [0.29, 0.717) is 11.5 Å². The third-order valence-corrected chi connectivity index (χ3v) is 4.39. The first kappa shape index (κ1) is 22.0. The Labute approximate surface area is 172 Å². The molecular weight excluding hydrogens is 366 g/mol. The highest BCUT2D eigenvalue weighted by Gasteiger charge is 2.08. The number of carbonyl (C=O) groups is 1. The van der Waals surface area contributed by atoms with E-state index in [9.17, 15) is 4.79 Å². The predicted molar refractivity (Wildman–Crippen MR) is 118 cm³/mol. The van der Waals surface area contributed by atoms with Crippen molar-refractivity contribution in [1.82, 2.24) is 5.43 Å². The molecule has 6 heteroatoms. The van der Waals surface area contributed by atoms with Gasteiger partial charge in [0.05, 0.1) is 13.3 Å². The Bertz CT molecular complexity index is 828. The molecule has 0 radical (unpaired) electrons. The normalized spacial score (nSPS) is 10.6. The highest BCUT2D eigenvalue weighted by Crippen LogP contribution is 2.28. The summed E-state index contributed by atoms with van der Waals surface area (Å²) in [6.45, 7) is 9.74. The van der Waals surface area contributed by atoms with E-state index in [1.807, 2.05) is 42.5 Å². The van der Waals surface area contributed by atoms with Crippen LogP contribution < -0.4 is 19.8 Å². The van der Waals surface area contributed by atoms with Crippen LogP contribution in [0, 0.1) is 0 Å². The molecular formula is C23H29N3O3. The van der Waals surface area contributed by atoms with Gasteiger partial charge in [-0.25, -0.2) is 5.43 Å². The number of anilines is 1. The summed E-state index contributed by atoms with van der Waals surface area (Å²) in [6.07, 6.45) is 4.16. The molecule has 0 unspecified atom stereocenters. The van der Waals surface area contributed by atoms with Crippen LogP contribution in [0.15, 0.2) is 60.2 Å². The first-order valence-corrected chi connectivity index (χ1v) is 9.68. The zero-order valence-corrected chi connectivity index (χ0v) is 17.4. The summed E-state index contributed by atoms with van der Waals surface area (Å²) < 4.78 is 10.9. The lowest BCUT2D eigenvalue weighted by Crippen LogP contribution is -2.24. The standard InChI is InChI=1S/C23H29N3O3/c1-5-8-18-11-14-21(22(15-18)28-4)29-17-23(27)25-24-16-19-9-12-20(13-10-19)26(6-2)7-3/h5,9-16H,1,6-8,17H2,2-4H3,(H,25,27)/b24-16-. The fourth-order valence-electron chi connectivity index (χ4n) is 2.84. The van der Waals surface area contributed by atoms with Crippen LogP contribution in [0.25, 0.3) is 0 Å². The number of benzene rings is 2. The summed E-state index contributed by atoms with van der Waals surface area (Å²) in [7, 11) is 1.57. The number of allylic oxidation sites excluding steroid dienone is 1. The van der Waals surface area contributed by atoms with Gasteiger partial charge in [-0.15, -0.1) is 6.58 Å². The van der Waals surface area contributed by atoms with Gasteiger partial charge in [-0.05, 0) is 55.7 Å². The van der Waals surface area contributed by atoms with Crippen molar-refractivity contribution in [2.45, 2.75) is 20.3 Å². The zero-order chi connectivity index (χ0) is 21.1. The van der Waals surface area contributed by atoms with E-state index in [1.54, 1.807) is 19.4 Å². The third-order valence-electron chi connectivity index (χ3n) is 4.39. The molecule has 0 bridgehead atoms. The molecule has 154 valence electrons. The summed E-state index contributed by atoms with van der Waals surface area (Å²) in [5.41, 5.74) is 5.60. The number of amides is 1. The molecule has 0 aromatic heterocycles. The minimum absolute atomic E-state index is 0.157. The fraction of sp³-hybridized carbons (Fsp3) is 0.304. The first-order valence-electron chi connectivity index (χ1n) is 9.68. The van der Waals surface area contributed by atoms with Crippen molar-refractivity contribution in [1.29, 1.82) is 0 Å². The molecule has 0 saturated heterocycles. The van der Waals surface area contributed by atoms with E-state index in [4.69, 9.17) is 9.47 Å². The van der Waals surface area contributed by atoms with Gasteiger partial charge in [0.25, 0.3) is 5.91 Å². The molecule has 0 atom stereocenters. The molecule has 1 amide bonds. The zero-order valence-electron chi connectivity index (χ0n) is 17.4. The van der Waals surface area contributed by atoms with Gasteiger partial charge in [-0.2, -0.15) is 5.10 Å². The van der Waals surface area contributed by atoms with E-state index in [0.717, 1.165) is 36.3 Å². The van der Waals surface area contributed by atoms with Crippen molar-refractivity contribution in [2.75, 3.05) is 31.7 Å². The summed E-state index contributed by atoms with van der Waals surface area (Å²) in [5, 5.41) is 3.99. The van der Waals surface area contributed by atoms with Gasteiger partial charge in [0, 0.05) is 18.8 Å². The van der Waals surface area contributed by atoms with E-state index in [-0.39, 0.29) is 12.5 Å². The fourth-order valence-corrected chi connectivity index (χ4v) is 2.84.